The Kier molecular flexibility index (Phi) is 5.03. The molecule has 0 aliphatic heterocycles. The van der Waals surface area contributed by atoms with Crippen molar-refractivity contribution in [1.82, 2.24) is 0 Å². The van der Waals surface area contributed by atoms with E-state index in [4.69, 9.17) is 19.9 Å². The third kappa shape index (κ3) is 5.61. The number of benzene rings is 1. The standard InChI is InChI=1S/C14H19NO4/c15-12-3-5-13(6-4-12)18-8-7-14(16)19-10-17-9-11-1-2-11/h3-6,11H,1-2,7-10,15H2. The van der Waals surface area contributed by atoms with E-state index in [-0.39, 0.29) is 25.8 Å². The second kappa shape index (κ2) is 6.99. The summed E-state index contributed by atoms with van der Waals surface area (Å²) in [5.41, 5.74) is 6.23. The molecule has 1 aromatic rings. The summed E-state index contributed by atoms with van der Waals surface area (Å²) in [6.45, 7) is 1.01. The molecule has 0 spiro atoms. The SMILES string of the molecule is Nc1ccc(OCCC(=O)OCOCC2CC2)cc1. The normalized spacial score (nSPS) is 14.1. The summed E-state index contributed by atoms with van der Waals surface area (Å²) in [5.74, 6) is 1.05. The average Bonchev–Trinajstić information content (AvgIpc) is 3.21. The highest BCUT2D eigenvalue weighted by molar-refractivity contribution is 5.69. The van der Waals surface area contributed by atoms with Crippen LogP contribution >= 0.6 is 0 Å². The van der Waals surface area contributed by atoms with E-state index in [0.29, 0.717) is 24.0 Å². The third-order valence-electron chi connectivity index (χ3n) is 2.81. The van der Waals surface area contributed by atoms with Crippen molar-refractivity contribution in [3.05, 3.63) is 24.3 Å². The molecule has 1 aromatic carbocycles. The zero-order chi connectivity index (χ0) is 13.5. The minimum Gasteiger partial charge on any atom is -0.493 e. The average molecular weight is 265 g/mol. The molecule has 5 heteroatoms. The van der Waals surface area contributed by atoms with Crippen molar-refractivity contribution in [2.24, 2.45) is 5.92 Å². The number of hydrogen-bond acceptors (Lipinski definition) is 5. The summed E-state index contributed by atoms with van der Waals surface area (Å²) in [6, 6.07) is 7.03. The molecule has 0 bridgehead atoms. The quantitative estimate of drug-likeness (QED) is 0.337. The lowest BCUT2D eigenvalue weighted by atomic mass is 10.3. The summed E-state index contributed by atoms with van der Waals surface area (Å²) in [4.78, 5) is 11.3. The highest BCUT2D eigenvalue weighted by Crippen LogP contribution is 2.28. The number of nitrogen functional groups attached to an aromatic ring is 1. The van der Waals surface area contributed by atoms with E-state index in [1.165, 1.54) is 12.8 Å². The van der Waals surface area contributed by atoms with E-state index < -0.39 is 0 Å². The molecule has 5 nitrogen and oxygen atoms in total. The first-order chi connectivity index (χ1) is 9.24. The van der Waals surface area contributed by atoms with Crippen LogP contribution in [0.5, 0.6) is 5.75 Å². The largest absolute Gasteiger partial charge is 0.493 e. The molecular formula is C14H19NO4. The van der Waals surface area contributed by atoms with E-state index in [1.54, 1.807) is 24.3 Å². The molecule has 0 heterocycles. The first-order valence-electron chi connectivity index (χ1n) is 6.46. The van der Waals surface area contributed by atoms with Gasteiger partial charge in [-0.1, -0.05) is 0 Å². The number of esters is 1. The Morgan fingerprint density at radius 2 is 2.00 bits per heavy atom. The summed E-state index contributed by atoms with van der Waals surface area (Å²) in [7, 11) is 0. The molecule has 0 atom stereocenters. The van der Waals surface area contributed by atoms with Crippen molar-refractivity contribution in [3.8, 4) is 5.75 Å². The lowest BCUT2D eigenvalue weighted by Crippen LogP contribution is -2.12. The van der Waals surface area contributed by atoms with E-state index in [0.717, 1.165) is 0 Å². The van der Waals surface area contributed by atoms with Crippen LogP contribution in [0.3, 0.4) is 0 Å². The number of anilines is 1. The molecule has 0 unspecified atom stereocenters. The van der Waals surface area contributed by atoms with Crippen LogP contribution in [-0.2, 0) is 14.3 Å². The van der Waals surface area contributed by atoms with Gasteiger partial charge in [-0.2, -0.15) is 0 Å². The van der Waals surface area contributed by atoms with E-state index in [2.05, 4.69) is 0 Å². The Balaban J connectivity index is 1.51. The van der Waals surface area contributed by atoms with E-state index in [1.807, 2.05) is 0 Å². The Morgan fingerprint density at radius 3 is 2.68 bits per heavy atom. The summed E-state index contributed by atoms with van der Waals surface area (Å²) in [6.07, 6.45) is 2.66. The van der Waals surface area contributed by atoms with Crippen LogP contribution in [0.4, 0.5) is 5.69 Å². The Labute approximate surface area is 112 Å². The van der Waals surface area contributed by atoms with Gasteiger partial charge in [-0.15, -0.1) is 0 Å². The zero-order valence-electron chi connectivity index (χ0n) is 10.8. The maximum Gasteiger partial charge on any atom is 0.311 e. The molecular weight excluding hydrogens is 246 g/mol. The molecule has 2 rings (SSSR count). The Morgan fingerprint density at radius 1 is 1.26 bits per heavy atom. The smallest absolute Gasteiger partial charge is 0.311 e. The molecule has 0 radical (unpaired) electrons. The third-order valence-corrected chi connectivity index (χ3v) is 2.81. The van der Waals surface area contributed by atoms with E-state index in [9.17, 15) is 4.79 Å². The van der Waals surface area contributed by atoms with Gasteiger partial charge < -0.3 is 19.9 Å². The van der Waals surface area contributed by atoms with Crippen LogP contribution < -0.4 is 10.5 Å². The van der Waals surface area contributed by atoms with Crippen molar-refractivity contribution in [2.45, 2.75) is 19.3 Å². The van der Waals surface area contributed by atoms with Crippen molar-refractivity contribution < 1.29 is 19.0 Å². The summed E-state index contributed by atoms with van der Waals surface area (Å²) >= 11 is 0. The molecule has 0 amide bonds. The molecule has 104 valence electrons. The van der Waals surface area contributed by atoms with Crippen LogP contribution in [0.25, 0.3) is 0 Å². The van der Waals surface area contributed by atoms with Gasteiger partial charge in [0.05, 0.1) is 19.6 Å². The van der Waals surface area contributed by atoms with E-state index >= 15 is 0 Å². The van der Waals surface area contributed by atoms with Gasteiger partial charge in [-0.25, -0.2) is 0 Å². The minimum atomic E-state index is -0.314. The van der Waals surface area contributed by atoms with Crippen molar-refractivity contribution in [3.63, 3.8) is 0 Å². The molecule has 1 aliphatic carbocycles. The van der Waals surface area contributed by atoms with Crippen LogP contribution in [0, 0.1) is 5.92 Å². The first kappa shape index (κ1) is 13.7. The number of ether oxygens (including phenoxy) is 3. The summed E-state index contributed by atoms with van der Waals surface area (Å²) in [5, 5.41) is 0. The zero-order valence-corrected chi connectivity index (χ0v) is 10.8. The molecule has 2 N–H and O–H groups in total. The predicted molar refractivity (Wildman–Crippen MR) is 70.6 cm³/mol. The van der Waals surface area contributed by atoms with Gasteiger partial charge in [0.1, 0.15) is 5.75 Å². The molecule has 0 aromatic heterocycles. The lowest BCUT2D eigenvalue weighted by molar-refractivity contribution is -0.157. The second-order valence-corrected chi connectivity index (χ2v) is 4.62. The highest BCUT2D eigenvalue weighted by Gasteiger charge is 2.21. The summed E-state index contributed by atoms with van der Waals surface area (Å²) < 4.78 is 15.5. The molecule has 1 saturated carbocycles. The monoisotopic (exact) mass is 265 g/mol. The van der Waals surface area contributed by atoms with Gasteiger partial charge in [-0.3, -0.25) is 4.79 Å². The molecule has 1 fully saturated rings. The highest BCUT2D eigenvalue weighted by atomic mass is 16.7. The van der Waals surface area contributed by atoms with Gasteiger partial charge in [0, 0.05) is 5.69 Å². The van der Waals surface area contributed by atoms with Crippen LogP contribution in [0.1, 0.15) is 19.3 Å². The fourth-order valence-electron chi connectivity index (χ4n) is 1.50. The van der Waals surface area contributed by atoms with Gasteiger partial charge in [0.2, 0.25) is 0 Å². The van der Waals surface area contributed by atoms with Crippen LogP contribution in [0.15, 0.2) is 24.3 Å². The number of carbonyl (C=O) groups is 1. The number of nitrogens with two attached hydrogens (primary N) is 1. The molecule has 1 aliphatic rings. The van der Waals surface area contributed by atoms with Crippen LogP contribution in [-0.4, -0.2) is 26.0 Å². The van der Waals surface area contributed by atoms with Gasteiger partial charge in [0.25, 0.3) is 0 Å². The van der Waals surface area contributed by atoms with Gasteiger partial charge >= 0.3 is 5.97 Å². The minimum absolute atomic E-state index is 0.0389. The Hall–Kier alpha value is -1.75. The first-order valence-corrected chi connectivity index (χ1v) is 6.46. The van der Waals surface area contributed by atoms with Crippen molar-refractivity contribution in [1.29, 1.82) is 0 Å². The van der Waals surface area contributed by atoms with Crippen molar-refractivity contribution in [2.75, 3.05) is 25.7 Å². The number of carbonyl (C=O) groups excluding carboxylic acids is 1. The topological polar surface area (TPSA) is 70.8 Å². The molecule has 19 heavy (non-hydrogen) atoms. The number of rotatable bonds is 8. The van der Waals surface area contributed by atoms with Crippen molar-refractivity contribution >= 4 is 11.7 Å². The fraction of sp³-hybridized carbons (Fsp3) is 0.500. The van der Waals surface area contributed by atoms with Crippen LogP contribution in [0.2, 0.25) is 0 Å². The maximum absolute atomic E-state index is 11.3. The van der Waals surface area contributed by atoms with Gasteiger partial charge in [-0.05, 0) is 43.0 Å². The second-order valence-electron chi connectivity index (χ2n) is 4.62. The maximum atomic E-state index is 11.3. The van der Waals surface area contributed by atoms with Gasteiger partial charge in [0.15, 0.2) is 6.79 Å². The fourth-order valence-corrected chi connectivity index (χ4v) is 1.50. The number of hydrogen-bond donors (Lipinski definition) is 1. The molecule has 0 saturated heterocycles. The predicted octanol–water partition coefficient (Wildman–Crippen LogP) is 1.97. The lowest BCUT2D eigenvalue weighted by Gasteiger charge is -2.07. The Bertz CT molecular complexity index is 400.